The molecule has 1 fully saturated rings. The Balaban J connectivity index is 1.75. The molecule has 4 nitrogen and oxygen atoms in total. The predicted octanol–water partition coefficient (Wildman–Crippen LogP) is 1.21. The average molecular weight is 263 g/mol. The lowest BCUT2D eigenvalue weighted by molar-refractivity contribution is 0.00318. The van der Waals surface area contributed by atoms with Crippen LogP contribution in [0.4, 0.5) is 0 Å². The first kappa shape index (κ1) is 12.9. The van der Waals surface area contributed by atoms with Crippen LogP contribution in [0, 0.1) is 0 Å². The van der Waals surface area contributed by atoms with Crippen LogP contribution < -0.4 is 10.1 Å². The monoisotopic (exact) mass is 263 g/mol. The molecule has 1 aromatic rings. The standard InChI is InChI=1S/C15H21NO3/c1-15(17,9-13-10-18-7-5-16-13)12-2-3-14-11(8-12)4-6-19-14/h2-3,8,13,16-17H,4-7,9-10H2,1H3. The highest BCUT2D eigenvalue weighted by atomic mass is 16.5. The predicted molar refractivity (Wildman–Crippen MR) is 72.4 cm³/mol. The first-order valence-corrected chi connectivity index (χ1v) is 6.95. The first-order chi connectivity index (χ1) is 9.15. The number of hydrogen-bond acceptors (Lipinski definition) is 4. The summed E-state index contributed by atoms with van der Waals surface area (Å²) in [5.74, 6) is 0.957. The molecule has 19 heavy (non-hydrogen) atoms. The lowest BCUT2D eigenvalue weighted by Gasteiger charge is -2.32. The van der Waals surface area contributed by atoms with Gasteiger partial charge in [-0.15, -0.1) is 0 Å². The molecule has 2 atom stereocenters. The molecule has 0 saturated carbocycles. The molecule has 0 radical (unpaired) electrons. The van der Waals surface area contributed by atoms with Crippen molar-refractivity contribution in [3.8, 4) is 5.75 Å². The van der Waals surface area contributed by atoms with Gasteiger partial charge in [-0.2, -0.15) is 0 Å². The number of fused-ring (bicyclic) bond motifs is 1. The Bertz CT molecular complexity index is 453. The van der Waals surface area contributed by atoms with Gasteiger partial charge >= 0.3 is 0 Å². The smallest absolute Gasteiger partial charge is 0.122 e. The highest BCUT2D eigenvalue weighted by Gasteiger charge is 2.29. The van der Waals surface area contributed by atoms with Crippen LogP contribution >= 0.6 is 0 Å². The van der Waals surface area contributed by atoms with Crippen molar-refractivity contribution in [1.29, 1.82) is 0 Å². The fourth-order valence-corrected chi connectivity index (χ4v) is 2.87. The van der Waals surface area contributed by atoms with Crippen molar-refractivity contribution < 1.29 is 14.6 Å². The topological polar surface area (TPSA) is 50.7 Å². The summed E-state index contributed by atoms with van der Waals surface area (Å²) in [6.45, 7) is 4.91. The van der Waals surface area contributed by atoms with Gasteiger partial charge in [0, 0.05) is 19.0 Å². The van der Waals surface area contributed by atoms with Gasteiger partial charge in [0.15, 0.2) is 0 Å². The van der Waals surface area contributed by atoms with Crippen molar-refractivity contribution in [2.45, 2.75) is 31.4 Å². The minimum absolute atomic E-state index is 0.216. The van der Waals surface area contributed by atoms with Crippen LogP contribution in [0.1, 0.15) is 24.5 Å². The van der Waals surface area contributed by atoms with Gasteiger partial charge in [0.25, 0.3) is 0 Å². The van der Waals surface area contributed by atoms with Crippen LogP contribution in [0.15, 0.2) is 18.2 Å². The Morgan fingerprint density at radius 1 is 1.42 bits per heavy atom. The number of morpholine rings is 1. The summed E-state index contributed by atoms with van der Waals surface area (Å²) in [5.41, 5.74) is 1.32. The molecule has 2 heterocycles. The van der Waals surface area contributed by atoms with Crippen molar-refractivity contribution in [3.63, 3.8) is 0 Å². The van der Waals surface area contributed by atoms with Gasteiger partial charge in [-0.25, -0.2) is 0 Å². The van der Waals surface area contributed by atoms with Crippen molar-refractivity contribution >= 4 is 0 Å². The Labute approximate surface area is 113 Å². The van der Waals surface area contributed by atoms with E-state index < -0.39 is 5.60 Å². The zero-order valence-electron chi connectivity index (χ0n) is 11.3. The second kappa shape index (κ2) is 5.12. The number of benzene rings is 1. The lowest BCUT2D eigenvalue weighted by atomic mass is 9.88. The molecule has 2 unspecified atom stereocenters. The maximum absolute atomic E-state index is 10.7. The lowest BCUT2D eigenvalue weighted by Crippen LogP contribution is -2.45. The van der Waals surface area contributed by atoms with Crippen LogP contribution in [-0.2, 0) is 16.8 Å². The second-order valence-electron chi connectivity index (χ2n) is 5.62. The van der Waals surface area contributed by atoms with Gasteiger partial charge in [0.05, 0.1) is 25.4 Å². The third kappa shape index (κ3) is 2.76. The molecule has 1 aromatic carbocycles. The molecule has 0 spiro atoms. The highest BCUT2D eigenvalue weighted by molar-refractivity contribution is 5.41. The normalized spacial score (nSPS) is 25.5. The molecule has 2 aliphatic heterocycles. The van der Waals surface area contributed by atoms with Crippen LogP contribution in [0.2, 0.25) is 0 Å². The molecule has 1 saturated heterocycles. The molecule has 0 bridgehead atoms. The van der Waals surface area contributed by atoms with Gasteiger partial charge in [-0.1, -0.05) is 6.07 Å². The van der Waals surface area contributed by atoms with Crippen LogP contribution in [0.5, 0.6) is 5.75 Å². The van der Waals surface area contributed by atoms with Crippen molar-refractivity contribution in [3.05, 3.63) is 29.3 Å². The average Bonchev–Trinajstić information content (AvgIpc) is 2.86. The van der Waals surface area contributed by atoms with E-state index in [9.17, 15) is 5.11 Å². The Hall–Kier alpha value is -1.10. The molecule has 4 heteroatoms. The fraction of sp³-hybridized carbons (Fsp3) is 0.600. The second-order valence-corrected chi connectivity index (χ2v) is 5.62. The summed E-state index contributed by atoms with van der Waals surface area (Å²) in [6, 6.07) is 6.23. The molecular weight excluding hydrogens is 242 g/mol. The third-order valence-electron chi connectivity index (χ3n) is 3.95. The SMILES string of the molecule is CC(O)(CC1COCCN1)c1ccc2c(c1)CCO2. The minimum atomic E-state index is -0.837. The zero-order chi connectivity index (χ0) is 13.3. The number of hydrogen-bond donors (Lipinski definition) is 2. The van der Waals surface area contributed by atoms with E-state index in [2.05, 4.69) is 11.4 Å². The quantitative estimate of drug-likeness (QED) is 0.860. The van der Waals surface area contributed by atoms with Crippen molar-refractivity contribution in [2.24, 2.45) is 0 Å². The summed E-state index contributed by atoms with van der Waals surface area (Å²) < 4.78 is 10.9. The van der Waals surface area contributed by atoms with Crippen LogP contribution in [0.3, 0.4) is 0 Å². The molecule has 3 rings (SSSR count). The Kier molecular flexibility index (Phi) is 3.48. The van der Waals surface area contributed by atoms with Gasteiger partial charge in [0.1, 0.15) is 5.75 Å². The fourth-order valence-electron chi connectivity index (χ4n) is 2.87. The van der Waals surface area contributed by atoms with Crippen LogP contribution in [0.25, 0.3) is 0 Å². The van der Waals surface area contributed by atoms with E-state index >= 15 is 0 Å². The van der Waals surface area contributed by atoms with E-state index in [1.165, 1.54) is 5.56 Å². The van der Waals surface area contributed by atoms with E-state index in [1.807, 2.05) is 19.1 Å². The van der Waals surface area contributed by atoms with E-state index in [0.29, 0.717) is 13.0 Å². The maximum Gasteiger partial charge on any atom is 0.122 e. The van der Waals surface area contributed by atoms with Crippen LogP contribution in [-0.4, -0.2) is 37.5 Å². The van der Waals surface area contributed by atoms with Gasteiger partial charge in [-0.05, 0) is 36.6 Å². The largest absolute Gasteiger partial charge is 0.493 e. The molecule has 0 amide bonds. The summed E-state index contributed by atoms with van der Waals surface area (Å²) in [7, 11) is 0. The minimum Gasteiger partial charge on any atom is -0.493 e. The Morgan fingerprint density at radius 3 is 3.11 bits per heavy atom. The summed E-state index contributed by atoms with van der Waals surface area (Å²) in [5, 5.41) is 14.1. The summed E-state index contributed by atoms with van der Waals surface area (Å²) >= 11 is 0. The van der Waals surface area contributed by atoms with E-state index in [-0.39, 0.29) is 6.04 Å². The van der Waals surface area contributed by atoms with Crippen molar-refractivity contribution in [1.82, 2.24) is 5.32 Å². The first-order valence-electron chi connectivity index (χ1n) is 6.95. The summed E-state index contributed by atoms with van der Waals surface area (Å²) in [6.07, 6.45) is 1.59. The molecule has 2 aliphatic rings. The highest BCUT2D eigenvalue weighted by Crippen LogP contribution is 2.32. The maximum atomic E-state index is 10.7. The summed E-state index contributed by atoms with van der Waals surface area (Å²) in [4.78, 5) is 0. The van der Waals surface area contributed by atoms with E-state index in [1.54, 1.807) is 0 Å². The van der Waals surface area contributed by atoms with E-state index in [0.717, 1.165) is 37.5 Å². The molecule has 0 aromatic heterocycles. The zero-order valence-corrected chi connectivity index (χ0v) is 11.3. The number of ether oxygens (including phenoxy) is 2. The molecular formula is C15H21NO3. The number of aliphatic hydroxyl groups is 1. The molecule has 2 N–H and O–H groups in total. The number of rotatable bonds is 3. The third-order valence-corrected chi connectivity index (χ3v) is 3.95. The molecule has 0 aliphatic carbocycles. The van der Waals surface area contributed by atoms with Gasteiger partial charge in [0.2, 0.25) is 0 Å². The van der Waals surface area contributed by atoms with Crippen molar-refractivity contribution in [2.75, 3.05) is 26.4 Å². The van der Waals surface area contributed by atoms with E-state index in [4.69, 9.17) is 9.47 Å². The van der Waals surface area contributed by atoms with Gasteiger partial charge < -0.3 is 19.9 Å². The Morgan fingerprint density at radius 2 is 2.32 bits per heavy atom. The van der Waals surface area contributed by atoms with Gasteiger partial charge in [-0.3, -0.25) is 0 Å². The number of nitrogens with one attached hydrogen (secondary N) is 1. The molecule has 104 valence electrons.